The van der Waals surface area contributed by atoms with Crippen LogP contribution in [0.4, 0.5) is 14.6 Å². The molecule has 4 aliphatic heterocycles. The van der Waals surface area contributed by atoms with Crippen LogP contribution in [-0.2, 0) is 0 Å². The number of ether oxygens (including phenoxy) is 2. The normalized spacial score (nSPS) is 29.9. The Morgan fingerprint density at radius 3 is 2.97 bits per heavy atom. The first-order chi connectivity index (χ1) is 15.5. The van der Waals surface area contributed by atoms with Gasteiger partial charge in [-0.3, -0.25) is 4.90 Å². The molecule has 2 aromatic rings. The molecule has 6 heterocycles. The van der Waals surface area contributed by atoms with E-state index in [0.717, 1.165) is 51.6 Å². The van der Waals surface area contributed by atoms with Gasteiger partial charge in [-0.05, 0) is 38.6 Å². The Kier molecular flexibility index (Phi) is 5.02. The lowest BCUT2D eigenvalue weighted by atomic mass is 9.95. The molecule has 6 rings (SSSR count). The van der Waals surface area contributed by atoms with Crippen molar-refractivity contribution in [3.8, 4) is 11.9 Å². The Morgan fingerprint density at radius 2 is 2.06 bits per heavy atom. The van der Waals surface area contributed by atoms with Crippen LogP contribution in [0, 0.1) is 5.82 Å². The summed E-state index contributed by atoms with van der Waals surface area (Å²) in [5.74, 6) is 0.138. The fourth-order valence-corrected chi connectivity index (χ4v) is 6.14. The van der Waals surface area contributed by atoms with Crippen LogP contribution in [0.1, 0.15) is 44.9 Å². The Morgan fingerprint density at radius 1 is 1.16 bits per heavy atom. The maximum Gasteiger partial charge on any atom is 0.319 e. The van der Waals surface area contributed by atoms with Gasteiger partial charge in [-0.25, -0.2) is 8.78 Å². The van der Waals surface area contributed by atoms with Gasteiger partial charge in [0.1, 0.15) is 29.5 Å². The lowest BCUT2D eigenvalue weighted by Gasteiger charge is -2.38. The van der Waals surface area contributed by atoms with Gasteiger partial charge in [0.15, 0.2) is 11.0 Å². The van der Waals surface area contributed by atoms with Gasteiger partial charge in [0.05, 0.1) is 12.1 Å². The summed E-state index contributed by atoms with van der Waals surface area (Å²) in [6.07, 6.45) is 5.53. The monoisotopic (exact) mass is 465 g/mol. The summed E-state index contributed by atoms with van der Waals surface area (Å²) in [6.45, 7) is 2.90. The fourth-order valence-electron chi connectivity index (χ4n) is 5.97. The van der Waals surface area contributed by atoms with Crippen molar-refractivity contribution < 1.29 is 18.3 Å². The van der Waals surface area contributed by atoms with Crippen LogP contribution >= 0.6 is 11.6 Å². The van der Waals surface area contributed by atoms with Crippen molar-refractivity contribution in [1.29, 1.82) is 0 Å². The van der Waals surface area contributed by atoms with Gasteiger partial charge in [-0.2, -0.15) is 15.0 Å². The van der Waals surface area contributed by atoms with Gasteiger partial charge in [-0.15, -0.1) is 0 Å². The second-order valence-electron chi connectivity index (χ2n) is 9.42. The number of anilines is 1. The molecule has 3 atom stereocenters. The number of hydrogen-bond donors (Lipinski definition) is 0. The van der Waals surface area contributed by atoms with Crippen molar-refractivity contribution in [3.05, 3.63) is 11.0 Å². The molecular weight excluding hydrogens is 440 g/mol. The van der Waals surface area contributed by atoms with Gasteiger partial charge in [-0.1, -0.05) is 11.6 Å². The zero-order valence-electron chi connectivity index (χ0n) is 17.8. The fraction of sp³-hybridized carbons (Fsp3) is 0.682. The molecule has 0 aromatic carbocycles. The van der Waals surface area contributed by atoms with Gasteiger partial charge in [0.25, 0.3) is 0 Å². The number of halogens is 3. The number of pyridine rings is 1. The summed E-state index contributed by atoms with van der Waals surface area (Å²) < 4.78 is 41.2. The first-order valence-electron chi connectivity index (χ1n) is 11.5. The van der Waals surface area contributed by atoms with E-state index in [0.29, 0.717) is 30.8 Å². The highest BCUT2D eigenvalue weighted by Crippen LogP contribution is 2.42. The predicted molar refractivity (Wildman–Crippen MR) is 116 cm³/mol. The molecule has 0 N–H and O–H groups in total. The second kappa shape index (κ2) is 7.80. The van der Waals surface area contributed by atoms with Crippen LogP contribution in [0.25, 0.3) is 10.9 Å². The predicted octanol–water partition coefficient (Wildman–Crippen LogP) is 3.91. The first-order valence-corrected chi connectivity index (χ1v) is 11.9. The molecule has 0 bridgehead atoms. The molecule has 7 nitrogen and oxygen atoms in total. The van der Waals surface area contributed by atoms with E-state index in [1.807, 2.05) is 0 Å². The number of rotatable bonds is 3. The van der Waals surface area contributed by atoms with E-state index in [4.69, 9.17) is 26.1 Å². The van der Waals surface area contributed by atoms with E-state index in [1.54, 1.807) is 0 Å². The van der Waals surface area contributed by atoms with Crippen molar-refractivity contribution in [2.75, 3.05) is 37.7 Å². The molecule has 3 saturated heterocycles. The molecule has 0 aliphatic carbocycles. The molecule has 172 valence electrons. The quantitative estimate of drug-likeness (QED) is 0.637. The third-order valence-corrected chi connectivity index (χ3v) is 7.74. The van der Waals surface area contributed by atoms with Crippen LogP contribution < -0.4 is 14.4 Å². The zero-order valence-corrected chi connectivity index (χ0v) is 18.6. The average Bonchev–Trinajstić information content (AvgIpc) is 3.30. The maximum atomic E-state index is 15.1. The van der Waals surface area contributed by atoms with Crippen LogP contribution in [0.5, 0.6) is 11.9 Å². The van der Waals surface area contributed by atoms with Crippen molar-refractivity contribution >= 4 is 28.3 Å². The van der Waals surface area contributed by atoms with Gasteiger partial charge < -0.3 is 14.4 Å². The Balaban J connectivity index is 1.43. The van der Waals surface area contributed by atoms with Crippen molar-refractivity contribution in [1.82, 2.24) is 19.9 Å². The van der Waals surface area contributed by atoms with E-state index < -0.39 is 12.0 Å². The number of aromatic nitrogens is 3. The average molecular weight is 466 g/mol. The van der Waals surface area contributed by atoms with Crippen LogP contribution in [0.3, 0.4) is 0 Å². The van der Waals surface area contributed by atoms with Crippen LogP contribution in [-0.4, -0.2) is 70.5 Å². The van der Waals surface area contributed by atoms with Gasteiger partial charge >= 0.3 is 6.01 Å². The molecule has 0 radical (unpaired) electrons. The SMILES string of the molecule is Fc1c(Cl)nc2c3c(nc(OC[C@@]45CCCN4C[C@H](F)C5)nc13)N1CCCC[C@@H]1CCO2. The number of fused-ring (bicyclic) bond motifs is 3. The van der Waals surface area contributed by atoms with E-state index >= 15 is 4.39 Å². The van der Waals surface area contributed by atoms with Crippen molar-refractivity contribution in [2.45, 2.75) is 62.7 Å². The van der Waals surface area contributed by atoms with Gasteiger partial charge in [0, 0.05) is 32.0 Å². The first kappa shape index (κ1) is 20.6. The van der Waals surface area contributed by atoms with E-state index in [-0.39, 0.29) is 40.7 Å². The minimum Gasteiger partial charge on any atom is -0.477 e. The second-order valence-corrected chi connectivity index (χ2v) is 9.78. The van der Waals surface area contributed by atoms with Crippen molar-refractivity contribution in [3.63, 3.8) is 0 Å². The zero-order chi connectivity index (χ0) is 21.9. The Hall–Kier alpha value is -2.00. The summed E-state index contributed by atoms with van der Waals surface area (Å²) in [6, 6.07) is 0.348. The largest absolute Gasteiger partial charge is 0.477 e. The summed E-state index contributed by atoms with van der Waals surface area (Å²) in [7, 11) is 0. The lowest BCUT2D eigenvalue weighted by Crippen LogP contribution is -2.44. The molecule has 32 heavy (non-hydrogen) atoms. The molecule has 0 saturated carbocycles. The molecule has 0 amide bonds. The molecule has 4 aliphatic rings. The highest BCUT2D eigenvalue weighted by atomic mass is 35.5. The standard InChI is InChI=1S/C22H26ClF2N5O2/c23-18-16(25)17-15-19(30-8-2-1-4-14(30)5-9-31-20(15)27-18)28-21(26-17)32-12-22-6-3-7-29(22)11-13(24)10-22/h13-14H,1-12H2/t13-,14-,22+/m1/s1. The molecule has 2 aromatic heterocycles. The van der Waals surface area contributed by atoms with E-state index in [9.17, 15) is 4.39 Å². The maximum absolute atomic E-state index is 15.1. The summed E-state index contributed by atoms with van der Waals surface area (Å²) in [4.78, 5) is 17.6. The highest BCUT2D eigenvalue weighted by molar-refractivity contribution is 6.30. The topological polar surface area (TPSA) is 63.6 Å². The smallest absolute Gasteiger partial charge is 0.319 e. The van der Waals surface area contributed by atoms with E-state index in [1.165, 1.54) is 0 Å². The molecule has 10 heteroatoms. The van der Waals surface area contributed by atoms with Gasteiger partial charge in [0.2, 0.25) is 5.88 Å². The molecule has 3 fully saturated rings. The molecule has 0 unspecified atom stereocenters. The molecular formula is C22H26ClF2N5O2. The summed E-state index contributed by atoms with van der Waals surface area (Å²) in [5, 5.41) is 0.159. The third kappa shape index (κ3) is 3.27. The van der Waals surface area contributed by atoms with Crippen LogP contribution in [0.15, 0.2) is 0 Å². The summed E-state index contributed by atoms with van der Waals surface area (Å²) in [5.41, 5.74) is -0.276. The number of piperidine rings is 1. The minimum absolute atomic E-state index is 0.0572. The summed E-state index contributed by atoms with van der Waals surface area (Å²) >= 11 is 6.07. The minimum atomic E-state index is -0.846. The Bertz CT molecular complexity index is 1060. The Labute approximate surface area is 190 Å². The molecule has 0 spiro atoms. The number of alkyl halides is 1. The highest BCUT2D eigenvalue weighted by Gasteiger charge is 2.49. The van der Waals surface area contributed by atoms with Crippen molar-refractivity contribution in [2.24, 2.45) is 0 Å². The third-order valence-electron chi connectivity index (χ3n) is 7.49. The van der Waals surface area contributed by atoms with E-state index in [2.05, 4.69) is 19.8 Å². The number of nitrogens with zero attached hydrogens (tertiary/aromatic N) is 5. The lowest BCUT2D eigenvalue weighted by molar-refractivity contribution is 0.107. The van der Waals surface area contributed by atoms with Crippen LogP contribution in [0.2, 0.25) is 5.15 Å². The number of hydrogen-bond acceptors (Lipinski definition) is 7.